The minimum atomic E-state index is -0.330. The van der Waals surface area contributed by atoms with Gasteiger partial charge < -0.3 is 5.32 Å². The average Bonchev–Trinajstić information content (AvgIpc) is 3.28. The minimum Gasteiger partial charge on any atom is -0.348 e. The minimum absolute atomic E-state index is 0.128. The maximum Gasteiger partial charge on any atom is 0.230 e. The van der Waals surface area contributed by atoms with E-state index in [1.165, 1.54) is 36.0 Å². The van der Waals surface area contributed by atoms with E-state index in [0.717, 1.165) is 28.3 Å². The summed E-state index contributed by atoms with van der Waals surface area (Å²) in [6.45, 7) is 0. The number of benzene rings is 3. The summed E-state index contributed by atoms with van der Waals surface area (Å²) in [4.78, 5) is 13.8. The molecule has 5 rings (SSSR count). The Morgan fingerprint density at radius 1 is 1.03 bits per heavy atom. The lowest BCUT2D eigenvalue weighted by molar-refractivity contribution is -0.119. The van der Waals surface area contributed by atoms with E-state index >= 15 is 0 Å². The van der Waals surface area contributed by atoms with Gasteiger partial charge in [-0.2, -0.15) is 0 Å². The molecule has 0 fully saturated rings. The number of fused-ring (bicyclic) bond motifs is 1. The van der Waals surface area contributed by atoms with Crippen LogP contribution in [0, 0.1) is 11.6 Å². The lowest BCUT2D eigenvalue weighted by atomic mass is 10.0. The molecule has 1 aliphatic heterocycles. The largest absolute Gasteiger partial charge is 0.348 e. The van der Waals surface area contributed by atoms with E-state index in [2.05, 4.69) is 15.5 Å². The second-order valence-corrected chi connectivity index (χ2v) is 9.79. The van der Waals surface area contributed by atoms with Gasteiger partial charge >= 0.3 is 0 Å². The highest BCUT2D eigenvalue weighted by Crippen LogP contribution is 2.36. The maximum absolute atomic E-state index is 13.8. The van der Waals surface area contributed by atoms with E-state index in [9.17, 15) is 13.6 Å². The van der Waals surface area contributed by atoms with Gasteiger partial charge in [0.2, 0.25) is 5.91 Å². The highest BCUT2D eigenvalue weighted by Gasteiger charge is 2.24. The van der Waals surface area contributed by atoms with Crippen molar-refractivity contribution in [1.82, 2.24) is 20.1 Å². The van der Waals surface area contributed by atoms with Crippen LogP contribution in [0.4, 0.5) is 8.78 Å². The molecule has 0 bridgehead atoms. The molecular weight excluding hydrogens is 474 g/mol. The van der Waals surface area contributed by atoms with Gasteiger partial charge in [0, 0.05) is 21.9 Å². The number of amides is 1. The lowest BCUT2D eigenvalue weighted by Gasteiger charge is -2.26. The van der Waals surface area contributed by atoms with Crippen LogP contribution in [-0.2, 0) is 4.79 Å². The van der Waals surface area contributed by atoms with Gasteiger partial charge in [-0.25, -0.2) is 8.78 Å². The number of nitrogens with zero attached hydrogens (tertiary/aromatic N) is 3. The van der Waals surface area contributed by atoms with E-state index in [4.69, 9.17) is 0 Å². The Labute approximate surface area is 204 Å². The molecule has 1 amide bonds. The van der Waals surface area contributed by atoms with Crippen molar-refractivity contribution >= 4 is 29.4 Å². The molecule has 9 heteroatoms. The number of rotatable bonds is 6. The van der Waals surface area contributed by atoms with Crippen LogP contribution >= 0.6 is 23.5 Å². The van der Waals surface area contributed by atoms with E-state index in [1.54, 1.807) is 30.0 Å². The predicted molar refractivity (Wildman–Crippen MR) is 130 cm³/mol. The van der Waals surface area contributed by atoms with Gasteiger partial charge in [-0.1, -0.05) is 30.0 Å². The molecular formula is C25H20F2N4OS2. The summed E-state index contributed by atoms with van der Waals surface area (Å²) < 4.78 is 29.1. The molecule has 4 aromatic rings. The Balaban J connectivity index is 1.36. The van der Waals surface area contributed by atoms with Crippen molar-refractivity contribution in [2.75, 3.05) is 11.5 Å². The van der Waals surface area contributed by atoms with Gasteiger partial charge in [0.05, 0.1) is 11.8 Å². The lowest BCUT2D eigenvalue weighted by Crippen LogP contribution is -2.32. The highest BCUT2D eigenvalue weighted by atomic mass is 32.2. The predicted octanol–water partition coefficient (Wildman–Crippen LogP) is 5.66. The van der Waals surface area contributed by atoms with Crippen molar-refractivity contribution in [3.63, 3.8) is 0 Å². The number of thioether (sulfide) groups is 2. The summed E-state index contributed by atoms with van der Waals surface area (Å²) in [6.07, 6.45) is 0.742. The highest BCUT2D eigenvalue weighted by molar-refractivity contribution is 7.99. The normalized spacial score (nSPS) is 15.1. The quantitative estimate of drug-likeness (QED) is 0.351. The monoisotopic (exact) mass is 494 g/mol. The zero-order chi connectivity index (χ0) is 23.5. The van der Waals surface area contributed by atoms with Crippen molar-refractivity contribution in [3.05, 3.63) is 90.0 Å². The zero-order valence-corrected chi connectivity index (χ0v) is 19.6. The first-order valence-corrected chi connectivity index (χ1v) is 12.7. The molecule has 0 spiro atoms. The number of aromatic nitrogens is 3. The molecule has 1 unspecified atom stereocenters. The Morgan fingerprint density at radius 3 is 2.59 bits per heavy atom. The fourth-order valence-corrected chi connectivity index (χ4v) is 5.71. The number of hydrogen-bond donors (Lipinski definition) is 1. The van der Waals surface area contributed by atoms with Gasteiger partial charge in [-0.05, 0) is 66.6 Å². The standard InChI is InChI=1S/C25H20F2N4OS2/c26-17-8-6-16(7-9-17)24-29-30-25(31(24)19-4-2-1-3-5-19)34-15-23(32)28-21-12-13-33-22-11-10-18(27)14-20(21)22/h1-11,14,21H,12-13,15H2,(H,28,32). The van der Waals surface area contributed by atoms with Crippen LogP contribution in [0.25, 0.3) is 17.1 Å². The Kier molecular flexibility index (Phi) is 6.64. The van der Waals surface area contributed by atoms with Gasteiger partial charge in [-0.15, -0.1) is 22.0 Å². The van der Waals surface area contributed by atoms with Crippen molar-refractivity contribution in [2.45, 2.75) is 22.5 Å². The number of nitrogens with one attached hydrogen (secondary N) is 1. The van der Waals surface area contributed by atoms with E-state index in [1.807, 2.05) is 34.9 Å². The second-order valence-electron chi connectivity index (χ2n) is 7.71. The van der Waals surface area contributed by atoms with Crippen LogP contribution in [0.5, 0.6) is 0 Å². The molecule has 172 valence electrons. The van der Waals surface area contributed by atoms with Gasteiger partial charge in [0.25, 0.3) is 0 Å². The first-order chi connectivity index (χ1) is 16.6. The third kappa shape index (κ3) is 4.85. The number of carbonyl (C=O) groups is 1. The molecule has 5 nitrogen and oxygen atoms in total. The van der Waals surface area contributed by atoms with E-state index in [0.29, 0.717) is 16.5 Å². The molecule has 1 atom stereocenters. The SMILES string of the molecule is O=C(CSc1nnc(-c2ccc(F)cc2)n1-c1ccccc1)NC1CCSc2ccc(F)cc21. The third-order valence-electron chi connectivity index (χ3n) is 5.43. The first kappa shape index (κ1) is 22.6. The summed E-state index contributed by atoms with van der Waals surface area (Å²) >= 11 is 2.94. The van der Waals surface area contributed by atoms with Crippen LogP contribution in [0.2, 0.25) is 0 Å². The van der Waals surface area contributed by atoms with Gasteiger partial charge in [-0.3, -0.25) is 9.36 Å². The number of para-hydroxylation sites is 1. The molecule has 1 aromatic heterocycles. The second kappa shape index (κ2) is 9.99. The third-order valence-corrected chi connectivity index (χ3v) is 7.48. The van der Waals surface area contributed by atoms with Crippen LogP contribution in [0.15, 0.2) is 82.8 Å². The van der Waals surface area contributed by atoms with Crippen LogP contribution in [0.3, 0.4) is 0 Å². The summed E-state index contributed by atoms with van der Waals surface area (Å²) in [5.74, 6) is 0.747. The van der Waals surface area contributed by atoms with Crippen molar-refractivity contribution in [1.29, 1.82) is 0 Å². The number of hydrogen-bond acceptors (Lipinski definition) is 5. The van der Waals surface area contributed by atoms with Crippen LogP contribution in [0.1, 0.15) is 18.0 Å². The maximum atomic E-state index is 13.8. The Hall–Kier alpha value is -3.17. The fourth-order valence-electron chi connectivity index (χ4n) is 3.84. The average molecular weight is 495 g/mol. The zero-order valence-electron chi connectivity index (χ0n) is 17.9. The summed E-state index contributed by atoms with van der Waals surface area (Å²) in [7, 11) is 0. The molecule has 0 saturated heterocycles. The van der Waals surface area contributed by atoms with E-state index < -0.39 is 0 Å². The molecule has 0 aliphatic carbocycles. The van der Waals surface area contributed by atoms with Crippen LogP contribution in [-0.4, -0.2) is 32.2 Å². The summed E-state index contributed by atoms with van der Waals surface area (Å²) in [6, 6.07) is 20.1. The van der Waals surface area contributed by atoms with Crippen molar-refractivity contribution in [3.8, 4) is 17.1 Å². The molecule has 2 heterocycles. The summed E-state index contributed by atoms with van der Waals surface area (Å²) in [5, 5.41) is 12.2. The fraction of sp³-hybridized carbons (Fsp3) is 0.160. The Bertz CT molecular complexity index is 1310. The smallest absolute Gasteiger partial charge is 0.230 e. The molecule has 1 aliphatic rings. The molecule has 34 heavy (non-hydrogen) atoms. The van der Waals surface area contributed by atoms with E-state index in [-0.39, 0.29) is 29.3 Å². The molecule has 1 N–H and O–H groups in total. The van der Waals surface area contributed by atoms with Gasteiger partial charge in [0.15, 0.2) is 11.0 Å². The van der Waals surface area contributed by atoms with Gasteiger partial charge in [0.1, 0.15) is 11.6 Å². The summed E-state index contributed by atoms with van der Waals surface area (Å²) in [5.41, 5.74) is 2.37. The topological polar surface area (TPSA) is 59.8 Å². The molecule has 3 aromatic carbocycles. The van der Waals surface area contributed by atoms with Crippen LogP contribution < -0.4 is 5.32 Å². The molecule has 0 saturated carbocycles. The molecule has 0 radical (unpaired) electrons. The van der Waals surface area contributed by atoms with Crippen molar-refractivity contribution < 1.29 is 13.6 Å². The number of carbonyl (C=O) groups excluding carboxylic acids is 1. The number of halogens is 2. The Morgan fingerprint density at radius 2 is 1.79 bits per heavy atom. The first-order valence-electron chi connectivity index (χ1n) is 10.7. The van der Waals surface area contributed by atoms with Crippen molar-refractivity contribution in [2.24, 2.45) is 0 Å².